The highest BCUT2D eigenvalue weighted by molar-refractivity contribution is 7.92. The Bertz CT molecular complexity index is 1640. The van der Waals surface area contributed by atoms with E-state index in [2.05, 4.69) is 25.7 Å². The molecule has 2 atom stereocenters. The third-order valence-corrected chi connectivity index (χ3v) is 7.63. The average molecular weight is 566 g/mol. The van der Waals surface area contributed by atoms with Gasteiger partial charge in [0.15, 0.2) is 5.11 Å². The first-order valence-electron chi connectivity index (χ1n) is 12.2. The fourth-order valence-electron chi connectivity index (χ4n) is 5.15. The molecule has 0 saturated carbocycles. The molecular weight excluding hydrogens is 537 g/mol. The van der Waals surface area contributed by atoms with Crippen LogP contribution in [0.1, 0.15) is 34.7 Å². The van der Waals surface area contributed by atoms with Gasteiger partial charge in [0.1, 0.15) is 11.6 Å². The summed E-state index contributed by atoms with van der Waals surface area (Å²) in [5.74, 6) is 0.0840. The Morgan fingerprint density at radius 2 is 1.77 bits per heavy atom. The first kappa shape index (κ1) is 26.6. The Morgan fingerprint density at radius 1 is 1.05 bits per heavy atom. The van der Waals surface area contributed by atoms with Crippen LogP contribution in [0.25, 0.3) is 5.69 Å². The maximum absolute atomic E-state index is 13.7. The zero-order valence-corrected chi connectivity index (χ0v) is 23.5. The maximum atomic E-state index is 13.7. The van der Waals surface area contributed by atoms with Crippen molar-refractivity contribution < 1.29 is 17.5 Å². The van der Waals surface area contributed by atoms with Crippen LogP contribution in [0.2, 0.25) is 0 Å². The number of ether oxygens (including phenoxy) is 1. The Kier molecular flexibility index (Phi) is 7.04. The molecule has 39 heavy (non-hydrogen) atoms. The van der Waals surface area contributed by atoms with Crippen molar-refractivity contribution in [2.75, 3.05) is 23.0 Å². The molecule has 3 heterocycles. The van der Waals surface area contributed by atoms with Gasteiger partial charge in [-0.05, 0) is 92.3 Å². The first-order chi connectivity index (χ1) is 18.6. The summed E-state index contributed by atoms with van der Waals surface area (Å²) in [5, 5.41) is 3.90. The molecular formula is C28H28FN5O3S2. The summed E-state index contributed by atoms with van der Waals surface area (Å²) in [4.78, 5) is 6.58. The molecule has 2 aromatic carbocycles. The van der Waals surface area contributed by atoms with Gasteiger partial charge in [-0.2, -0.15) is 0 Å². The van der Waals surface area contributed by atoms with Gasteiger partial charge in [-0.25, -0.2) is 12.8 Å². The molecule has 0 bridgehead atoms. The molecule has 4 aromatic rings. The van der Waals surface area contributed by atoms with Crippen LogP contribution in [0, 0.1) is 19.7 Å². The highest BCUT2D eigenvalue weighted by Gasteiger charge is 2.42. The number of thiocarbonyl (C=S) groups is 1. The second kappa shape index (κ2) is 10.3. The van der Waals surface area contributed by atoms with Crippen molar-refractivity contribution >= 4 is 38.7 Å². The van der Waals surface area contributed by atoms with Gasteiger partial charge in [-0.15, -0.1) is 0 Å². The quantitative estimate of drug-likeness (QED) is 0.298. The van der Waals surface area contributed by atoms with Crippen LogP contribution < -0.4 is 19.7 Å². The Hall–Kier alpha value is -3.96. The van der Waals surface area contributed by atoms with Crippen LogP contribution in [-0.4, -0.2) is 36.4 Å². The van der Waals surface area contributed by atoms with E-state index in [1.54, 1.807) is 30.5 Å². The minimum atomic E-state index is -3.56. The number of benzene rings is 2. The molecule has 11 heteroatoms. The van der Waals surface area contributed by atoms with Crippen molar-refractivity contribution in [3.8, 4) is 11.4 Å². The summed E-state index contributed by atoms with van der Waals surface area (Å²) >= 11 is 5.85. The zero-order valence-electron chi connectivity index (χ0n) is 21.8. The van der Waals surface area contributed by atoms with E-state index in [9.17, 15) is 12.8 Å². The number of nitrogens with zero attached hydrogens (tertiary/aromatic N) is 3. The van der Waals surface area contributed by atoms with Crippen molar-refractivity contribution in [2.45, 2.75) is 25.9 Å². The van der Waals surface area contributed by atoms with Gasteiger partial charge in [-0.1, -0.05) is 6.07 Å². The second-order valence-corrected chi connectivity index (χ2v) is 11.5. The molecule has 1 aliphatic heterocycles. The molecule has 2 aromatic heterocycles. The van der Waals surface area contributed by atoms with Gasteiger partial charge >= 0.3 is 0 Å². The van der Waals surface area contributed by atoms with Crippen molar-refractivity contribution in [1.82, 2.24) is 14.9 Å². The van der Waals surface area contributed by atoms with Crippen LogP contribution in [-0.2, 0) is 10.0 Å². The summed E-state index contributed by atoms with van der Waals surface area (Å²) in [5.41, 5.74) is 5.56. The summed E-state index contributed by atoms with van der Waals surface area (Å²) in [6, 6.07) is 18.8. The van der Waals surface area contributed by atoms with E-state index in [4.69, 9.17) is 17.0 Å². The number of aromatic nitrogens is 2. The number of hydrogen-bond donors (Lipinski definition) is 2. The number of hydrogen-bond acceptors (Lipinski definition) is 5. The zero-order chi connectivity index (χ0) is 27.9. The Labute approximate surface area is 232 Å². The monoisotopic (exact) mass is 565 g/mol. The predicted octanol–water partition coefficient (Wildman–Crippen LogP) is 5.19. The van der Waals surface area contributed by atoms with E-state index in [1.807, 2.05) is 43.0 Å². The average Bonchev–Trinajstić information content (AvgIpc) is 3.39. The molecule has 0 unspecified atom stereocenters. The summed E-state index contributed by atoms with van der Waals surface area (Å²) in [7, 11) is -2.08. The molecule has 1 saturated heterocycles. The highest BCUT2D eigenvalue weighted by atomic mass is 32.2. The summed E-state index contributed by atoms with van der Waals surface area (Å²) < 4.78 is 47.8. The SMILES string of the molecule is COc1ccc(N2C(=S)N[C@H](c3ccccn3)[C@H]2c2cc(C)n(-c3ccc(F)cc3)c2C)cc1NS(C)(=O)=O. The smallest absolute Gasteiger partial charge is 0.229 e. The molecule has 0 spiro atoms. The van der Waals surface area contributed by atoms with Crippen LogP contribution in [0.4, 0.5) is 15.8 Å². The first-order valence-corrected chi connectivity index (χ1v) is 14.5. The number of sulfonamides is 1. The minimum absolute atomic E-state index is 0.297. The van der Waals surface area contributed by atoms with Crippen molar-refractivity contribution in [1.29, 1.82) is 0 Å². The van der Waals surface area contributed by atoms with E-state index < -0.39 is 10.0 Å². The third-order valence-electron chi connectivity index (χ3n) is 6.73. The number of rotatable bonds is 7. The fourth-order valence-corrected chi connectivity index (χ4v) is 6.05. The number of aryl methyl sites for hydroxylation is 1. The number of nitrogens with one attached hydrogen (secondary N) is 2. The number of halogens is 1. The largest absolute Gasteiger partial charge is 0.495 e. The van der Waals surface area contributed by atoms with E-state index in [0.717, 1.165) is 34.6 Å². The lowest BCUT2D eigenvalue weighted by Crippen LogP contribution is -2.29. The number of anilines is 2. The van der Waals surface area contributed by atoms with Gasteiger partial charge < -0.3 is 19.5 Å². The van der Waals surface area contributed by atoms with Crippen LogP contribution in [0.3, 0.4) is 0 Å². The predicted molar refractivity (Wildman–Crippen MR) is 155 cm³/mol. The molecule has 0 amide bonds. The fraction of sp³-hybridized carbons (Fsp3) is 0.214. The summed E-state index contributed by atoms with van der Waals surface area (Å²) in [6.45, 7) is 4.02. The molecule has 8 nitrogen and oxygen atoms in total. The molecule has 202 valence electrons. The lowest BCUT2D eigenvalue weighted by Gasteiger charge is -2.29. The van der Waals surface area contributed by atoms with Crippen molar-refractivity contribution in [3.05, 3.63) is 101 Å². The van der Waals surface area contributed by atoms with Crippen LogP contribution in [0.5, 0.6) is 5.75 Å². The lowest BCUT2D eigenvalue weighted by molar-refractivity contribution is 0.417. The van der Waals surface area contributed by atoms with Gasteiger partial charge in [0.2, 0.25) is 10.0 Å². The van der Waals surface area contributed by atoms with Crippen molar-refractivity contribution in [3.63, 3.8) is 0 Å². The Balaban J connectivity index is 1.68. The Morgan fingerprint density at radius 3 is 2.41 bits per heavy atom. The molecule has 1 aliphatic rings. The highest BCUT2D eigenvalue weighted by Crippen LogP contribution is 2.45. The van der Waals surface area contributed by atoms with Gasteiger partial charge in [0.25, 0.3) is 0 Å². The standard InChI is InChI=1S/C28H28FN5O3S2/c1-17-15-22(18(2)33(17)20-10-8-19(29)9-11-20)27-26(23-7-5-6-14-30-23)31-28(38)34(27)21-12-13-25(37-3)24(16-21)32-39(4,35)36/h5-16,26-27,32H,1-4H3,(H,31,38)/t26-,27-/m1/s1. The molecule has 5 rings (SSSR count). The number of methoxy groups -OCH3 is 1. The van der Waals surface area contributed by atoms with Crippen LogP contribution in [0.15, 0.2) is 72.9 Å². The molecule has 1 fully saturated rings. The van der Waals surface area contributed by atoms with E-state index in [1.165, 1.54) is 19.2 Å². The maximum Gasteiger partial charge on any atom is 0.229 e. The second-order valence-electron chi connectivity index (χ2n) is 9.39. The third kappa shape index (κ3) is 5.19. The van der Waals surface area contributed by atoms with E-state index in [-0.39, 0.29) is 17.9 Å². The van der Waals surface area contributed by atoms with Gasteiger partial charge in [-0.3, -0.25) is 9.71 Å². The molecule has 2 N–H and O–H groups in total. The lowest BCUT2D eigenvalue weighted by atomic mass is 9.96. The molecule has 0 aliphatic carbocycles. The number of pyridine rings is 1. The molecule has 0 radical (unpaired) electrons. The van der Waals surface area contributed by atoms with Gasteiger partial charge in [0, 0.05) is 29.0 Å². The minimum Gasteiger partial charge on any atom is -0.495 e. The van der Waals surface area contributed by atoms with Crippen LogP contribution >= 0.6 is 12.2 Å². The topological polar surface area (TPSA) is 88.5 Å². The normalized spacial score (nSPS) is 17.3. The van der Waals surface area contributed by atoms with E-state index in [0.29, 0.717) is 22.2 Å². The summed E-state index contributed by atoms with van der Waals surface area (Å²) in [6.07, 6.45) is 2.83. The van der Waals surface area contributed by atoms with Crippen molar-refractivity contribution in [2.24, 2.45) is 0 Å². The van der Waals surface area contributed by atoms with E-state index >= 15 is 0 Å². The van der Waals surface area contributed by atoms with Gasteiger partial charge in [0.05, 0.1) is 36.8 Å².